The van der Waals surface area contributed by atoms with E-state index < -0.39 is 5.60 Å². The van der Waals surface area contributed by atoms with Crippen LogP contribution in [-0.2, 0) is 4.74 Å². The van der Waals surface area contributed by atoms with Gasteiger partial charge in [-0.1, -0.05) is 0 Å². The SMILES string of the molecule is C[C@H](C1CC1)N(C)C[C@@H]1CCN(C(=O)OC(C)(C)C)C1. The van der Waals surface area contributed by atoms with E-state index in [0.717, 1.165) is 32.0 Å². The topological polar surface area (TPSA) is 32.8 Å². The summed E-state index contributed by atoms with van der Waals surface area (Å²) in [6.45, 7) is 10.9. The van der Waals surface area contributed by atoms with Crippen molar-refractivity contribution in [1.29, 1.82) is 0 Å². The monoisotopic (exact) mass is 282 g/mol. The van der Waals surface area contributed by atoms with Crippen molar-refractivity contribution in [2.45, 2.75) is 58.6 Å². The Hall–Kier alpha value is -0.770. The highest BCUT2D eigenvalue weighted by Crippen LogP contribution is 2.35. The average molecular weight is 282 g/mol. The fourth-order valence-electron chi connectivity index (χ4n) is 2.99. The van der Waals surface area contributed by atoms with Gasteiger partial charge in [0.15, 0.2) is 0 Å². The molecule has 1 heterocycles. The van der Waals surface area contributed by atoms with Crippen molar-refractivity contribution < 1.29 is 9.53 Å². The average Bonchev–Trinajstić information content (AvgIpc) is 3.06. The summed E-state index contributed by atoms with van der Waals surface area (Å²) in [5, 5.41) is 0. The predicted molar refractivity (Wildman–Crippen MR) is 80.7 cm³/mol. The zero-order valence-corrected chi connectivity index (χ0v) is 13.7. The normalized spacial score (nSPS) is 25.1. The van der Waals surface area contributed by atoms with Gasteiger partial charge in [-0.2, -0.15) is 0 Å². The van der Waals surface area contributed by atoms with Crippen molar-refractivity contribution in [3.8, 4) is 0 Å². The van der Waals surface area contributed by atoms with E-state index in [9.17, 15) is 4.79 Å². The Morgan fingerprint density at radius 1 is 1.35 bits per heavy atom. The summed E-state index contributed by atoms with van der Waals surface area (Å²) in [7, 11) is 2.22. The van der Waals surface area contributed by atoms with Crippen LogP contribution in [0.2, 0.25) is 0 Å². The lowest BCUT2D eigenvalue weighted by atomic mass is 10.1. The van der Waals surface area contributed by atoms with Gasteiger partial charge in [0.25, 0.3) is 0 Å². The molecule has 0 aromatic carbocycles. The molecular weight excluding hydrogens is 252 g/mol. The molecule has 0 bridgehead atoms. The van der Waals surface area contributed by atoms with Crippen molar-refractivity contribution in [2.75, 3.05) is 26.7 Å². The summed E-state index contributed by atoms with van der Waals surface area (Å²) in [5.41, 5.74) is -0.396. The first-order valence-electron chi connectivity index (χ1n) is 7.94. The highest BCUT2D eigenvalue weighted by atomic mass is 16.6. The minimum absolute atomic E-state index is 0.155. The van der Waals surface area contributed by atoms with Crippen LogP contribution in [0.3, 0.4) is 0 Å². The highest BCUT2D eigenvalue weighted by molar-refractivity contribution is 5.68. The fourth-order valence-corrected chi connectivity index (χ4v) is 2.99. The van der Waals surface area contributed by atoms with Crippen molar-refractivity contribution in [1.82, 2.24) is 9.80 Å². The second-order valence-electron chi connectivity index (χ2n) is 7.60. The van der Waals surface area contributed by atoms with Gasteiger partial charge in [-0.05, 0) is 65.8 Å². The largest absolute Gasteiger partial charge is 0.444 e. The second kappa shape index (κ2) is 5.92. The molecule has 0 N–H and O–H groups in total. The highest BCUT2D eigenvalue weighted by Gasteiger charge is 2.34. The molecular formula is C16H30N2O2. The number of likely N-dealkylation sites (tertiary alicyclic amines) is 1. The van der Waals surface area contributed by atoms with E-state index in [4.69, 9.17) is 4.74 Å². The molecule has 4 nitrogen and oxygen atoms in total. The molecule has 1 saturated heterocycles. The van der Waals surface area contributed by atoms with E-state index in [1.807, 2.05) is 25.7 Å². The minimum Gasteiger partial charge on any atom is -0.444 e. The lowest BCUT2D eigenvalue weighted by Crippen LogP contribution is -2.38. The number of rotatable bonds is 4. The number of ether oxygens (including phenoxy) is 1. The Labute approximate surface area is 123 Å². The molecule has 116 valence electrons. The van der Waals surface area contributed by atoms with Gasteiger partial charge in [0.2, 0.25) is 0 Å². The van der Waals surface area contributed by atoms with Crippen LogP contribution >= 0.6 is 0 Å². The first-order valence-corrected chi connectivity index (χ1v) is 7.94. The molecule has 0 spiro atoms. The zero-order chi connectivity index (χ0) is 14.9. The summed E-state index contributed by atoms with van der Waals surface area (Å²) < 4.78 is 5.44. The van der Waals surface area contributed by atoms with Gasteiger partial charge < -0.3 is 14.5 Å². The van der Waals surface area contributed by atoms with Gasteiger partial charge in [-0.3, -0.25) is 0 Å². The molecule has 0 radical (unpaired) electrons. The molecule has 4 heteroatoms. The second-order valence-corrected chi connectivity index (χ2v) is 7.60. The Kier molecular flexibility index (Phi) is 4.62. The Bertz CT molecular complexity index is 347. The first-order chi connectivity index (χ1) is 9.26. The molecule has 1 aliphatic carbocycles. The molecule has 1 amide bonds. The third-order valence-electron chi connectivity index (χ3n) is 4.48. The minimum atomic E-state index is -0.396. The van der Waals surface area contributed by atoms with Crippen LogP contribution in [0.4, 0.5) is 4.79 Å². The van der Waals surface area contributed by atoms with Gasteiger partial charge in [0.1, 0.15) is 5.60 Å². The van der Waals surface area contributed by atoms with Crippen LogP contribution in [0.25, 0.3) is 0 Å². The van der Waals surface area contributed by atoms with Gasteiger partial charge in [-0.15, -0.1) is 0 Å². The maximum atomic E-state index is 12.0. The smallest absolute Gasteiger partial charge is 0.410 e. The predicted octanol–water partition coefficient (Wildman–Crippen LogP) is 2.97. The first kappa shape index (κ1) is 15.6. The van der Waals surface area contributed by atoms with E-state index in [-0.39, 0.29) is 6.09 Å². The van der Waals surface area contributed by atoms with Crippen molar-refractivity contribution in [2.24, 2.45) is 11.8 Å². The van der Waals surface area contributed by atoms with Gasteiger partial charge in [0, 0.05) is 25.7 Å². The summed E-state index contributed by atoms with van der Waals surface area (Å²) in [5.74, 6) is 1.50. The number of amides is 1. The Morgan fingerprint density at radius 2 is 2.00 bits per heavy atom. The third kappa shape index (κ3) is 4.37. The molecule has 0 aromatic rings. The molecule has 0 aromatic heterocycles. The van der Waals surface area contributed by atoms with Crippen molar-refractivity contribution in [3.63, 3.8) is 0 Å². The summed E-state index contributed by atoms with van der Waals surface area (Å²) in [6, 6.07) is 0.686. The van der Waals surface area contributed by atoms with Crippen LogP contribution in [0.15, 0.2) is 0 Å². The molecule has 2 fully saturated rings. The molecule has 2 aliphatic rings. The fraction of sp³-hybridized carbons (Fsp3) is 0.938. The third-order valence-corrected chi connectivity index (χ3v) is 4.48. The van der Waals surface area contributed by atoms with E-state index >= 15 is 0 Å². The number of carbonyl (C=O) groups excluding carboxylic acids is 1. The maximum absolute atomic E-state index is 12.0. The molecule has 2 rings (SSSR count). The van der Waals surface area contributed by atoms with Crippen LogP contribution < -0.4 is 0 Å². The van der Waals surface area contributed by atoms with Crippen LogP contribution in [0.5, 0.6) is 0 Å². The molecule has 20 heavy (non-hydrogen) atoms. The van der Waals surface area contributed by atoms with E-state index in [2.05, 4.69) is 18.9 Å². The lowest BCUT2D eigenvalue weighted by Gasteiger charge is -2.28. The van der Waals surface area contributed by atoms with Crippen molar-refractivity contribution in [3.05, 3.63) is 0 Å². The number of hydrogen-bond acceptors (Lipinski definition) is 3. The van der Waals surface area contributed by atoms with Gasteiger partial charge in [-0.25, -0.2) is 4.79 Å². The van der Waals surface area contributed by atoms with Gasteiger partial charge >= 0.3 is 6.09 Å². The van der Waals surface area contributed by atoms with E-state index in [0.29, 0.717) is 12.0 Å². The number of nitrogens with zero attached hydrogens (tertiary/aromatic N) is 2. The zero-order valence-electron chi connectivity index (χ0n) is 13.7. The van der Waals surface area contributed by atoms with E-state index in [1.165, 1.54) is 12.8 Å². The van der Waals surface area contributed by atoms with Crippen LogP contribution in [0, 0.1) is 11.8 Å². The Balaban J connectivity index is 1.75. The molecule has 2 atom stereocenters. The Morgan fingerprint density at radius 3 is 2.55 bits per heavy atom. The number of hydrogen-bond donors (Lipinski definition) is 0. The standard InChI is InChI=1S/C16H30N2O2/c1-12(14-6-7-14)17(5)10-13-8-9-18(11-13)15(19)20-16(2,3)4/h12-14H,6-11H2,1-5H3/t12-,13+/m1/s1. The number of carbonyl (C=O) groups is 1. The van der Waals surface area contributed by atoms with Crippen LogP contribution in [0.1, 0.15) is 47.0 Å². The van der Waals surface area contributed by atoms with Gasteiger partial charge in [0.05, 0.1) is 0 Å². The summed E-state index contributed by atoms with van der Waals surface area (Å²) in [4.78, 5) is 16.4. The summed E-state index contributed by atoms with van der Waals surface area (Å²) >= 11 is 0. The van der Waals surface area contributed by atoms with Crippen molar-refractivity contribution >= 4 is 6.09 Å². The lowest BCUT2D eigenvalue weighted by molar-refractivity contribution is 0.0284. The molecule has 0 unspecified atom stereocenters. The molecule has 1 saturated carbocycles. The maximum Gasteiger partial charge on any atom is 0.410 e. The summed E-state index contributed by atoms with van der Waals surface area (Å²) in [6.07, 6.45) is 3.72. The van der Waals surface area contributed by atoms with E-state index in [1.54, 1.807) is 0 Å². The van der Waals surface area contributed by atoms with Crippen LogP contribution in [-0.4, -0.2) is 54.2 Å². The quantitative estimate of drug-likeness (QED) is 0.794. The molecule has 1 aliphatic heterocycles.